The van der Waals surface area contributed by atoms with Gasteiger partial charge in [-0.05, 0) is 25.7 Å². The molecular formula is C11H20N2O2. The van der Waals surface area contributed by atoms with E-state index < -0.39 is 0 Å². The molecule has 0 aromatic rings. The van der Waals surface area contributed by atoms with Crippen molar-refractivity contribution >= 4 is 6.03 Å². The first-order valence-electron chi connectivity index (χ1n) is 5.56. The number of amides is 2. The van der Waals surface area contributed by atoms with E-state index in [1.54, 1.807) is 0 Å². The summed E-state index contributed by atoms with van der Waals surface area (Å²) in [5, 5.41) is 5.65. The second-order valence-corrected chi connectivity index (χ2v) is 3.72. The maximum Gasteiger partial charge on any atom is 0.315 e. The number of hydrogen-bond acceptors (Lipinski definition) is 2. The van der Waals surface area contributed by atoms with Crippen LogP contribution in [0.5, 0.6) is 0 Å². The van der Waals surface area contributed by atoms with E-state index in [0.717, 1.165) is 19.3 Å². The van der Waals surface area contributed by atoms with E-state index in [0.29, 0.717) is 25.8 Å². The van der Waals surface area contributed by atoms with Gasteiger partial charge in [0.25, 0.3) is 0 Å². The number of carbonyl (C=O) groups excluding carboxylic acids is 1. The Hall–Kier alpha value is -1.03. The Bertz CT molecular complexity index is 203. The molecule has 1 fully saturated rings. The van der Waals surface area contributed by atoms with E-state index >= 15 is 0 Å². The fourth-order valence-electron chi connectivity index (χ4n) is 1.29. The summed E-state index contributed by atoms with van der Waals surface area (Å²) in [7, 11) is 0. The molecule has 0 aliphatic heterocycles. The molecule has 0 spiro atoms. The Balaban J connectivity index is 1.85. The van der Waals surface area contributed by atoms with Crippen molar-refractivity contribution in [3.63, 3.8) is 0 Å². The molecule has 1 aliphatic carbocycles. The molecule has 0 heterocycles. The molecule has 4 nitrogen and oxygen atoms in total. The van der Waals surface area contributed by atoms with Crippen LogP contribution < -0.4 is 10.6 Å². The van der Waals surface area contributed by atoms with Gasteiger partial charge in [-0.15, -0.1) is 6.58 Å². The summed E-state index contributed by atoms with van der Waals surface area (Å²) in [6.07, 6.45) is 6.13. The van der Waals surface area contributed by atoms with Gasteiger partial charge in [-0.1, -0.05) is 6.08 Å². The van der Waals surface area contributed by atoms with Crippen LogP contribution >= 0.6 is 0 Å². The fraction of sp³-hybridized carbons (Fsp3) is 0.727. The van der Waals surface area contributed by atoms with Crippen LogP contribution in [0.4, 0.5) is 4.79 Å². The molecule has 15 heavy (non-hydrogen) atoms. The summed E-state index contributed by atoms with van der Waals surface area (Å²) in [5.74, 6) is 0. The SMILES string of the molecule is C=CCCOCCNC(=O)NC1CCC1. The average Bonchev–Trinajstić information content (AvgIpc) is 2.17. The number of rotatable bonds is 7. The van der Waals surface area contributed by atoms with Gasteiger partial charge in [-0.2, -0.15) is 0 Å². The predicted octanol–water partition coefficient (Wildman–Crippen LogP) is 1.43. The monoisotopic (exact) mass is 212 g/mol. The van der Waals surface area contributed by atoms with Crippen LogP contribution in [0.3, 0.4) is 0 Å². The quantitative estimate of drug-likeness (QED) is 0.495. The summed E-state index contributed by atoms with van der Waals surface area (Å²) in [4.78, 5) is 11.2. The van der Waals surface area contributed by atoms with Gasteiger partial charge in [-0.3, -0.25) is 0 Å². The molecule has 1 saturated carbocycles. The lowest BCUT2D eigenvalue weighted by atomic mass is 9.93. The molecule has 4 heteroatoms. The molecule has 0 radical (unpaired) electrons. The maximum atomic E-state index is 11.2. The summed E-state index contributed by atoms with van der Waals surface area (Å²) < 4.78 is 5.26. The summed E-state index contributed by atoms with van der Waals surface area (Å²) in [6.45, 7) is 5.40. The van der Waals surface area contributed by atoms with E-state index in [9.17, 15) is 4.79 Å². The molecule has 2 amide bonds. The fourth-order valence-corrected chi connectivity index (χ4v) is 1.29. The van der Waals surface area contributed by atoms with Gasteiger partial charge in [0.15, 0.2) is 0 Å². The van der Waals surface area contributed by atoms with E-state index in [2.05, 4.69) is 17.2 Å². The second-order valence-electron chi connectivity index (χ2n) is 3.72. The standard InChI is InChI=1S/C11H20N2O2/c1-2-3-8-15-9-7-12-11(14)13-10-5-4-6-10/h2,10H,1,3-9H2,(H2,12,13,14). The third kappa shape index (κ3) is 5.42. The summed E-state index contributed by atoms with van der Waals surface area (Å²) >= 11 is 0. The highest BCUT2D eigenvalue weighted by Gasteiger charge is 2.18. The Morgan fingerprint density at radius 2 is 2.27 bits per heavy atom. The van der Waals surface area contributed by atoms with Crippen molar-refractivity contribution in [1.29, 1.82) is 0 Å². The van der Waals surface area contributed by atoms with E-state index in [1.165, 1.54) is 6.42 Å². The highest BCUT2D eigenvalue weighted by Crippen LogP contribution is 2.17. The van der Waals surface area contributed by atoms with Crippen molar-refractivity contribution in [2.45, 2.75) is 31.7 Å². The third-order valence-corrected chi connectivity index (χ3v) is 2.44. The number of ether oxygens (including phenoxy) is 1. The van der Waals surface area contributed by atoms with Gasteiger partial charge in [0.2, 0.25) is 0 Å². The van der Waals surface area contributed by atoms with Crippen LogP contribution in [0.25, 0.3) is 0 Å². The molecular weight excluding hydrogens is 192 g/mol. The van der Waals surface area contributed by atoms with E-state index in [1.807, 2.05) is 6.08 Å². The van der Waals surface area contributed by atoms with Crippen LogP contribution in [-0.4, -0.2) is 31.8 Å². The lowest BCUT2D eigenvalue weighted by molar-refractivity contribution is 0.140. The molecule has 1 aliphatic rings. The topological polar surface area (TPSA) is 50.4 Å². The Morgan fingerprint density at radius 3 is 2.87 bits per heavy atom. The van der Waals surface area contributed by atoms with Gasteiger partial charge >= 0.3 is 6.03 Å². The molecule has 2 N–H and O–H groups in total. The largest absolute Gasteiger partial charge is 0.379 e. The Morgan fingerprint density at radius 1 is 1.47 bits per heavy atom. The third-order valence-electron chi connectivity index (χ3n) is 2.44. The Labute approximate surface area is 91.1 Å². The predicted molar refractivity (Wildman–Crippen MR) is 59.8 cm³/mol. The second kappa shape index (κ2) is 7.29. The minimum atomic E-state index is -0.0768. The number of nitrogens with one attached hydrogen (secondary N) is 2. The summed E-state index contributed by atoms with van der Waals surface area (Å²) in [6, 6.07) is 0.318. The van der Waals surface area contributed by atoms with Crippen molar-refractivity contribution in [3.8, 4) is 0 Å². The first kappa shape index (κ1) is 12.0. The molecule has 86 valence electrons. The van der Waals surface area contributed by atoms with E-state index in [-0.39, 0.29) is 6.03 Å². The number of urea groups is 1. The molecule has 0 aromatic heterocycles. The minimum absolute atomic E-state index is 0.0768. The van der Waals surface area contributed by atoms with Gasteiger partial charge in [0.05, 0.1) is 13.2 Å². The summed E-state index contributed by atoms with van der Waals surface area (Å²) in [5.41, 5.74) is 0. The highest BCUT2D eigenvalue weighted by molar-refractivity contribution is 5.74. The molecule has 0 aromatic carbocycles. The first-order chi connectivity index (χ1) is 7.33. The van der Waals surface area contributed by atoms with Gasteiger partial charge < -0.3 is 15.4 Å². The first-order valence-corrected chi connectivity index (χ1v) is 5.56. The Kier molecular flexibility index (Phi) is 5.85. The minimum Gasteiger partial charge on any atom is -0.379 e. The van der Waals surface area contributed by atoms with Crippen molar-refractivity contribution in [2.75, 3.05) is 19.8 Å². The smallest absolute Gasteiger partial charge is 0.315 e. The van der Waals surface area contributed by atoms with Gasteiger partial charge in [-0.25, -0.2) is 4.79 Å². The van der Waals surface area contributed by atoms with Crippen molar-refractivity contribution in [2.24, 2.45) is 0 Å². The number of carbonyl (C=O) groups is 1. The molecule has 0 atom stereocenters. The normalized spacial score (nSPS) is 15.5. The lowest BCUT2D eigenvalue weighted by Crippen LogP contribution is -2.45. The average molecular weight is 212 g/mol. The van der Waals surface area contributed by atoms with Crippen molar-refractivity contribution < 1.29 is 9.53 Å². The molecule has 0 bridgehead atoms. The van der Waals surface area contributed by atoms with Crippen molar-refractivity contribution in [3.05, 3.63) is 12.7 Å². The molecule has 0 unspecified atom stereocenters. The van der Waals surface area contributed by atoms with Crippen LogP contribution in [0.1, 0.15) is 25.7 Å². The zero-order chi connectivity index (χ0) is 10.9. The van der Waals surface area contributed by atoms with E-state index in [4.69, 9.17) is 4.74 Å². The maximum absolute atomic E-state index is 11.2. The van der Waals surface area contributed by atoms with Crippen LogP contribution in [0.2, 0.25) is 0 Å². The van der Waals surface area contributed by atoms with Gasteiger partial charge in [0.1, 0.15) is 0 Å². The lowest BCUT2D eigenvalue weighted by Gasteiger charge is -2.26. The van der Waals surface area contributed by atoms with Crippen LogP contribution in [0, 0.1) is 0 Å². The highest BCUT2D eigenvalue weighted by atomic mass is 16.5. The van der Waals surface area contributed by atoms with Crippen LogP contribution in [0.15, 0.2) is 12.7 Å². The zero-order valence-corrected chi connectivity index (χ0v) is 9.13. The molecule has 1 rings (SSSR count). The molecule has 0 saturated heterocycles. The van der Waals surface area contributed by atoms with Crippen molar-refractivity contribution in [1.82, 2.24) is 10.6 Å². The van der Waals surface area contributed by atoms with Crippen LogP contribution in [-0.2, 0) is 4.74 Å². The van der Waals surface area contributed by atoms with Gasteiger partial charge in [0, 0.05) is 12.6 Å². The number of hydrogen-bond donors (Lipinski definition) is 2. The zero-order valence-electron chi connectivity index (χ0n) is 9.13.